The molecule has 1 saturated carbocycles. The highest BCUT2D eigenvalue weighted by Gasteiger charge is 2.32. The Balaban J connectivity index is 0.000000701. The lowest BCUT2D eigenvalue weighted by molar-refractivity contribution is -0.139. The average Bonchev–Trinajstić information content (AvgIpc) is 3.35. The Bertz CT molecular complexity index is 2140. The van der Waals surface area contributed by atoms with E-state index in [-0.39, 0.29) is 30.7 Å². The topological polar surface area (TPSA) is 284 Å². The number of hydrogen-bond donors (Lipinski definition) is 7. The number of anilines is 1. The Kier molecular flexibility index (Phi) is 29.6. The zero-order chi connectivity index (χ0) is 53.5. The number of rotatable bonds is 19. The van der Waals surface area contributed by atoms with Gasteiger partial charge in [-0.05, 0) is 61.4 Å². The molecule has 2 aromatic carbocycles. The molecule has 390 valence electrons. The third-order valence-corrected chi connectivity index (χ3v) is 9.84. The number of nitrogens with one attached hydrogen (secondary N) is 6. The first-order chi connectivity index (χ1) is 33.6. The van der Waals surface area contributed by atoms with Crippen molar-refractivity contribution in [1.29, 1.82) is 0 Å². The summed E-state index contributed by atoms with van der Waals surface area (Å²) in [6.07, 6.45) is 10.4. The normalized spacial score (nSPS) is 12.9. The van der Waals surface area contributed by atoms with Crippen molar-refractivity contribution in [2.24, 2.45) is 23.5 Å². The van der Waals surface area contributed by atoms with Gasteiger partial charge in [-0.25, -0.2) is 14.2 Å². The number of nitrogens with zero attached hydrogens (tertiary/aromatic N) is 4. The van der Waals surface area contributed by atoms with E-state index in [4.69, 9.17) is 5.73 Å². The van der Waals surface area contributed by atoms with Gasteiger partial charge in [0, 0.05) is 45.3 Å². The lowest BCUT2D eigenvalue weighted by Gasteiger charge is -2.29. The molecule has 0 aliphatic heterocycles. The maximum atomic E-state index is 13.3. The molecule has 9 amide bonds. The molecule has 1 aliphatic carbocycles. The smallest absolute Gasteiger partial charge is 0.321 e. The van der Waals surface area contributed by atoms with Crippen LogP contribution in [0.5, 0.6) is 0 Å². The molecule has 3 atom stereocenters. The molecule has 1 aromatic heterocycles. The van der Waals surface area contributed by atoms with E-state index in [0.717, 1.165) is 50.2 Å². The number of ketones is 1. The SMILES string of the molecule is CC(C)C.CCC.CCN(C[C@H](C)C(=O)NCC(=O)C(=O)NCC(=O)NC(C(=O)N(C)C)c1ccc(F)cc1)C(=O)Nc1ccccc1.NC(=O)CNC(=O)C(NC(=O)c1cnccn1)C1CCCCC1. The molecule has 0 spiro atoms. The fourth-order valence-corrected chi connectivity index (χ4v) is 6.37. The van der Waals surface area contributed by atoms with Gasteiger partial charge in [0.15, 0.2) is 0 Å². The molecule has 1 fully saturated rings. The summed E-state index contributed by atoms with van der Waals surface area (Å²) in [5.74, 6) is -5.69. The lowest BCUT2D eigenvalue weighted by Crippen LogP contribution is -2.52. The number of amides is 9. The largest absolute Gasteiger partial charge is 0.368 e. The second-order valence-corrected chi connectivity index (χ2v) is 17.4. The number of primary amides is 1. The average molecular weight is 992 g/mol. The molecular formula is C50H74FN11O9. The van der Waals surface area contributed by atoms with Crippen LogP contribution in [0.15, 0.2) is 73.2 Å². The number of likely N-dealkylation sites (N-methyl/N-ethyl adjacent to an activating group) is 1. The van der Waals surface area contributed by atoms with Crippen molar-refractivity contribution in [3.8, 4) is 0 Å². The maximum Gasteiger partial charge on any atom is 0.321 e. The molecule has 0 radical (unpaired) electrons. The van der Waals surface area contributed by atoms with Gasteiger partial charge < -0.3 is 47.4 Å². The molecule has 0 saturated heterocycles. The number of para-hydroxylation sites is 1. The third-order valence-electron chi connectivity index (χ3n) is 9.84. The summed E-state index contributed by atoms with van der Waals surface area (Å²) in [6.45, 7) is 13.0. The minimum absolute atomic E-state index is 0.0391. The van der Waals surface area contributed by atoms with Crippen LogP contribution in [0.4, 0.5) is 14.9 Å². The second-order valence-electron chi connectivity index (χ2n) is 17.4. The summed E-state index contributed by atoms with van der Waals surface area (Å²) in [5, 5.41) is 14.9. The molecule has 2 unspecified atom stereocenters. The van der Waals surface area contributed by atoms with Crippen LogP contribution in [0.1, 0.15) is 109 Å². The van der Waals surface area contributed by atoms with Crippen molar-refractivity contribution in [2.75, 3.05) is 52.1 Å². The number of carbonyl (C=O) groups is 9. The molecule has 4 rings (SSSR count). The van der Waals surface area contributed by atoms with E-state index < -0.39 is 84.0 Å². The van der Waals surface area contributed by atoms with Gasteiger partial charge in [0.25, 0.3) is 11.8 Å². The number of urea groups is 1. The Morgan fingerprint density at radius 2 is 1.35 bits per heavy atom. The highest BCUT2D eigenvalue weighted by Crippen LogP contribution is 2.27. The summed E-state index contributed by atoms with van der Waals surface area (Å²) >= 11 is 0. The van der Waals surface area contributed by atoms with Crippen LogP contribution < -0.4 is 37.6 Å². The molecule has 3 aromatic rings. The van der Waals surface area contributed by atoms with E-state index >= 15 is 0 Å². The highest BCUT2D eigenvalue weighted by atomic mass is 19.1. The van der Waals surface area contributed by atoms with Crippen molar-refractivity contribution >= 4 is 58.9 Å². The zero-order valence-corrected chi connectivity index (χ0v) is 42.5. The minimum Gasteiger partial charge on any atom is -0.368 e. The van der Waals surface area contributed by atoms with Gasteiger partial charge in [-0.15, -0.1) is 0 Å². The summed E-state index contributed by atoms with van der Waals surface area (Å²) in [5.41, 5.74) is 6.14. The van der Waals surface area contributed by atoms with E-state index in [9.17, 15) is 47.5 Å². The molecule has 1 aliphatic rings. The Hall–Kier alpha value is -7.32. The first-order valence-corrected chi connectivity index (χ1v) is 23.7. The molecule has 21 heteroatoms. The fraction of sp³-hybridized carbons (Fsp3) is 0.500. The summed E-state index contributed by atoms with van der Waals surface area (Å²) in [4.78, 5) is 120. The molecule has 0 bridgehead atoms. The number of aromatic nitrogens is 2. The number of carbonyl (C=O) groups excluding carboxylic acids is 9. The van der Waals surface area contributed by atoms with Crippen molar-refractivity contribution in [3.63, 3.8) is 0 Å². The van der Waals surface area contributed by atoms with Crippen molar-refractivity contribution in [2.45, 2.75) is 99.1 Å². The van der Waals surface area contributed by atoms with E-state index in [0.29, 0.717) is 17.8 Å². The van der Waals surface area contributed by atoms with Gasteiger partial charge in [-0.2, -0.15) is 0 Å². The van der Waals surface area contributed by atoms with Gasteiger partial charge in [-0.1, -0.05) is 97.6 Å². The third kappa shape index (κ3) is 25.2. The molecule has 1 heterocycles. The Labute approximate surface area is 416 Å². The predicted octanol–water partition coefficient (Wildman–Crippen LogP) is 3.90. The summed E-state index contributed by atoms with van der Waals surface area (Å²) in [7, 11) is 2.97. The maximum absolute atomic E-state index is 13.3. The van der Waals surface area contributed by atoms with Gasteiger partial charge >= 0.3 is 6.03 Å². The van der Waals surface area contributed by atoms with Crippen LogP contribution in [0, 0.1) is 23.6 Å². The monoisotopic (exact) mass is 992 g/mol. The Morgan fingerprint density at radius 3 is 1.89 bits per heavy atom. The number of hydrogen-bond acceptors (Lipinski definition) is 11. The van der Waals surface area contributed by atoms with Gasteiger partial charge in [0.05, 0.1) is 31.7 Å². The molecule has 20 nitrogen and oxygen atoms in total. The van der Waals surface area contributed by atoms with E-state index in [1.807, 2.05) is 6.07 Å². The lowest BCUT2D eigenvalue weighted by atomic mass is 9.83. The van der Waals surface area contributed by atoms with E-state index in [1.165, 1.54) is 61.0 Å². The van der Waals surface area contributed by atoms with Crippen LogP contribution in [-0.4, -0.2) is 126 Å². The van der Waals surface area contributed by atoms with Crippen molar-refractivity contribution in [3.05, 3.63) is 90.3 Å². The van der Waals surface area contributed by atoms with Gasteiger partial charge in [-0.3, -0.25) is 43.3 Å². The number of nitrogens with two attached hydrogens (primary N) is 1. The second kappa shape index (κ2) is 34.1. The van der Waals surface area contributed by atoms with Crippen LogP contribution >= 0.6 is 0 Å². The number of Topliss-reactive ketones (excluding diaryl/α,β-unsaturated/α-hetero) is 1. The number of halogens is 1. The summed E-state index contributed by atoms with van der Waals surface area (Å²) in [6, 6.07) is 11.6. The van der Waals surface area contributed by atoms with Crippen molar-refractivity contribution in [1.82, 2.24) is 46.4 Å². The van der Waals surface area contributed by atoms with Crippen molar-refractivity contribution < 1.29 is 47.5 Å². The molecular weight excluding hydrogens is 918 g/mol. The van der Waals surface area contributed by atoms with Crippen LogP contribution in [0.2, 0.25) is 0 Å². The number of benzene rings is 2. The first-order valence-electron chi connectivity index (χ1n) is 23.7. The van der Waals surface area contributed by atoms with Crippen LogP contribution in [-0.2, 0) is 33.6 Å². The molecule has 71 heavy (non-hydrogen) atoms. The molecule has 8 N–H and O–H groups in total. The predicted molar refractivity (Wildman–Crippen MR) is 267 cm³/mol. The highest BCUT2D eigenvalue weighted by molar-refractivity contribution is 6.37. The van der Waals surface area contributed by atoms with Crippen LogP contribution in [0.3, 0.4) is 0 Å². The minimum atomic E-state index is -1.14. The summed E-state index contributed by atoms with van der Waals surface area (Å²) < 4.78 is 13.3. The van der Waals surface area contributed by atoms with Gasteiger partial charge in [0.1, 0.15) is 23.6 Å². The first kappa shape index (κ1) is 61.7. The standard InChI is InChI=1S/C28H35FN6O6.C15H21N5O3.C4H10.C3H8/c1-5-35(28(41)32-21-9-7-6-8-10-21)17-18(2)25(38)30-15-22(36)26(39)31-16-23(37)33-24(27(40)34(3)4)19-11-13-20(29)14-12-19;16-12(21)9-19-15(23)13(10-4-2-1-3-5-10)20-14(22)11-8-17-6-7-18-11;1-4(2)3;1-3-2/h6-14,18,24H,5,15-17H2,1-4H3,(H,30,38)(H,31,39)(H,32,41)(H,33,37);6-8,10,13H,1-5,9H2,(H2,16,21)(H,19,23)(H,20,22);4H,1-3H3;3H2,1-2H3/t18-,24?;;;/m0.../s1. The zero-order valence-electron chi connectivity index (χ0n) is 42.5. The fourth-order valence-electron chi connectivity index (χ4n) is 6.37. The van der Waals surface area contributed by atoms with E-state index in [1.54, 1.807) is 38.1 Å². The quantitative estimate of drug-likeness (QED) is 0.0846. The Morgan fingerprint density at radius 1 is 0.761 bits per heavy atom. The van der Waals surface area contributed by atoms with Crippen LogP contribution in [0.25, 0.3) is 0 Å². The van der Waals surface area contributed by atoms with Gasteiger partial charge in [0.2, 0.25) is 35.3 Å². The van der Waals surface area contributed by atoms with E-state index in [2.05, 4.69) is 76.5 Å².